The third-order valence-electron chi connectivity index (χ3n) is 12.5. The highest BCUT2D eigenvalue weighted by molar-refractivity contribution is 5.71. The van der Waals surface area contributed by atoms with Gasteiger partial charge in [0.1, 0.15) is 13.2 Å². The zero-order valence-electron chi connectivity index (χ0n) is 49.4. The van der Waals surface area contributed by atoms with E-state index in [-0.39, 0.29) is 37.5 Å². The molecule has 0 saturated carbocycles. The van der Waals surface area contributed by atoms with Gasteiger partial charge < -0.3 is 14.2 Å². The van der Waals surface area contributed by atoms with Gasteiger partial charge in [-0.3, -0.25) is 14.4 Å². The van der Waals surface area contributed by atoms with Crippen LogP contribution in [0.4, 0.5) is 0 Å². The number of carbonyl (C=O) groups excluding carboxylic acids is 3. The van der Waals surface area contributed by atoms with E-state index in [1.807, 2.05) is 0 Å². The maximum Gasteiger partial charge on any atom is 0.306 e. The first kappa shape index (κ1) is 72.0. The molecule has 0 aliphatic rings. The van der Waals surface area contributed by atoms with Crippen LogP contribution in [0.5, 0.6) is 0 Å². The van der Waals surface area contributed by atoms with E-state index < -0.39 is 6.10 Å². The number of hydrogen-bond donors (Lipinski definition) is 0. The number of hydrogen-bond acceptors (Lipinski definition) is 6. The fraction of sp³-hybridized carbons (Fsp3) is 0.592. The molecule has 0 rings (SSSR count). The largest absolute Gasteiger partial charge is 0.462 e. The van der Waals surface area contributed by atoms with Gasteiger partial charge in [-0.15, -0.1) is 0 Å². The quantitative estimate of drug-likeness (QED) is 0.0261. The van der Waals surface area contributed by atoms with Crippen LogP contribution in [-0.2, 0) is 28.6 Å². The molecule has 0 aliphatic heterocycles. The minimum absolute atomic E-state index is 0.108. The minimum atomic E-state index is -0.815. The third kappa shape index (κ3) is 61.8. The Kier molecular flexibility index (Phi) is 59.5. The number of ether oxygens (including phenoxy) is 3. The molecule has 6 heteroatoms. The zero-order chi connectivity index (χ0) is 55.7. The fourth-order valence-electron chi connectivity index (χ4n) is 7.91. The molecule has 6 nitrogen and oxygen atoms in total. The predicted molar refractivity (Wildman–Crippen MR) is 334 cm³/mol. The van der Waals surface area contributed by atoms with Crippen LogP contribution in [-0.4, -0.2) is 37.2 Å². The molecule has 0 heterocycles. The molecule has 0 bridgehead atoms. The lowest BCUT2D eigenvalue weighted by Crippen LogP contribution is -2.30. The first-order valence-corrected chi connectivity index (χ1v) is 31.0. The number of rotatable bonds is 54. The van der Waals surface area contributed by atoms with E-state index in [0.717, 1.165) is 173 Å². The van der Waals surface area contributed by atoms with Crippen molar-refractivity contribution in [1.82, 2.24) is 0 Å². The molecule has 77 heavy (non-hydrogen) atoms. The van der Waals surface area contributed by atoms with E-state index in [9.17, 15) is 14.4 Å². The maximum atomic E-state index is 12.9. The number of allylic oxidation sites excluding steroid dienone is 26. The van der Waals surface area contributed by atoms with Crippen LogP contribution in [0.3, 0.4) is 0 Å². The van der Waals surface area contributed by atoms with E-state index in [4.69, 9.17) is 14.2 Å². The Morgan fingerprint density at radius 3 is 0.805 bits per heavy atom. The highest BCUT2D eigenvalue weighted by atomic mass is 16.6. The molecular weight excluding hydrogens is 949 g/mol. The normalized spacial score (nSPS) is 13.2. The van der Waals surface area contributed by atoms with Gasteiger partial charge in [0.15, 0.2) is 6.10 Å². The SMILES string of the molecule is CC/C=C\C/C=C\C/C=C\C/C=C\C/C=C\C/C=C\CCCCCCC(=O)OCC(COC(=O)CCCCCCC/C=C\CCCCCC)OC(=O)CCCCCC/C=C\C/C=C\C/C=C\C/C=C\C/C=C\C/C=C\CC. The zero-order valence-corrected chi connectivity index (χ0v) is 49.4. The molecule has 0 saturated heterocycles. The van der Waals surface area contributed by atoms with Crippen molar-refractivity contribution in [2.24, 2.45) is 0 Å². The lowest BCUT2D eigenvalue weighted by molar-refractivity contribution is -0.167. The summed E-state index contributed by atoms with van der Waals surface area (Å²) in [5.74, 6) is -0.972. The maximum absolute atomic E-state index is 12.9. The van der Waals surface area contributed by atoms with Gasteiger partial charge in [0.2, 0.25) is 0 Å². The van der Waals surface area contributed by atoms with Crippen molar-refractivity contribution in [3.63, 3.8) is 0 Å². The van der Waals surface area contributed by atoms with Crippen molar-refractivity contribution in [2.45, 2.75) is 258 Å². The van der Waals surface area contributed by atoms with Gasteiger partial charge in [-0.1, -0.05) is 243 Å². The van der Waals surface area contributed by atoms with Gasteiger partial charge in [0.05, 0.1) is 0 Å². The van der Waals surface area contributed by atoms with Crippen LogP contribution < -0.4 is 0 Å². The second kappa shape index (κ2) is 63.6. The number of esters is 3. The van der Waals surface area contributed by atoms with E-state index in [2.05, 4.69) is 179 Å². The molecule has 0 N–H and O–H groups in total. The highest BCUT2D eigenvalue weighted by Gasteiger charge is 2.19. The summed E-state index contributed by atoms with van der Waals surface area (Å²) in [5.41, 5.74) is 0. The van der Waals surface area contributed by atoms with Gasteiger partial charge in [0, 0.05) is 19.3 Å². The van der Waals surface area contributed by atoms with Crippen LogP contribution in [0.15, 0.2) is 158 Å². The first-order valence-electron chi connectivity index (χ1n) is 31.0. The molecule has 0 radical (unpaired) electrons. The fourth-order valence-corrected chi connectivity index (χ4v) is 7.91. The van der Waals surface area contributed by atoms with Gasteiger partial charge in [-0.2, -0.15) is 0 Å². The van der Waals surface area contributed by atoms with Crippen molar-refractivity contribution in [3.05, 3.63) is 158 Å². The Bertz CT molecular complexity index is 1740. The minimum Gasteiger partial charge on any atom is -0.462 e. The van der Waals surface area contributed by atoms with Gasteiger partial charge in [-0.05, 0) is 148 Å². The molecule has 432 valence electrons. The Morgan fingerprint density at radius 2 is 0.506 bits per heavy atom. The van der Waals surface area contributed by atoms with Crippen LogP contribution in [0.25, 0.3) is 0 Å². The lowest BCUT2D eigenvalue weighted by Gasteiger charge is -2.18. The molecule has 1 unspecified atom stereocenters. The van der Waals surface area contributed by atoms with E-state index in [0.29, 0.717) is 12.8 Å². The molecule has 0 fully saturated rings. The summed E-state index contributed by atoms with van der Waals surface area (Å²) in [6.07, 6.45) is 92.3. The van der Waals surface area contributed by atoms with Crippen LogP contribution in [0.1, 0.15) is 252 Å². The van der Waals surface area contributed by atoms with Gasteiger partial charge >= 0.3 is 17.9 Å². The summed E-state index contributed by atoms with van der Waals surface area (Å²) in [6.45, 7) is 6.34. The smallest absolute Gasteiger partial charge is 0.306 e. The van der Waals surface area contributed by atoms with Crippen LogP contribution in [0.2, 0.25) is 0 Å². The summed E-state index contributed by atoms with van der Waals surface area (Å²) >= 11 is 0. The first-order chi connectivity index (χ1) is 38.0. The summed E-state index contributed by atoms with van der Waals surface area (Å²) in [7, 11) is 0. The number of unbranched alkanes of at least 4 members (excludes halogenated alkanes) is 17. The van der Waals surface area contributed by atoms with Crippen molar-refractivity contribution < 1.29 is 28.6 Å². The molecule has 0 amide bonds. The van der Waals surface area contributed by atoms with Gasteiger partial charge in [0.25, 0.3) is 0 Å². The van der Waals surface area contributed by atoms with E-state index in [1.54, 1.807) is 0 Å². The second-order valence-electron chi connectivity index (χ2n) is 19.8. The number of carbonyl (C=O) groups is 3. The molecule has 0 aromatic heterocycles. The summed E-state index contributed by atoms with van der Waals surface area (Å²) in [4.78, 5) is 38.3. The van der Waals surface area contributed by atoms with E-state index in [1.165, 1.54) is 38.5 Å². The molecule has 0 aromatic rings. The van der Waals surface area contributed by atoms with Crippen molar-refractivity contribution in [2.75, 3.05) is 13.2 Å². The molecule has 0 aliphatic carbocycles. The van der Waals surface area contributed by atoms with Crippen molar-refractivity contribution >= 4 is 17.9 Å². The molecular formula is C71H112O6. The topological polar surface area (TPSA) is 78.9 Å². The molecule has 1 atom stereocenters. The highest BCUT2D eigenvalue weighted by Crippen LogP contribution is 2.13. The average Bonchev–Trinajstić information content (AvgIpc) is 3.43. The van der Waals surface area contributed by atoms with Crippen LogP contribution in [0, 0.1) is 0 Å². The Labute approximate surface area is 473 Å². The Morgan fingerprint density at radius 1 is 0.273 bits per heavy atom. The van der Waals surface area contributed by atoms with E-state index >= 15 is 0 Å². The average molecular weight is 1060 g/mol. The third-order valence-corrected chi connectivity index (χ3v) is 12.5. The second-order valence-corrected chi connectivity index (χ2v) is 19.8. The van der Waals surface area contributed by atoms with Crippen molar-refractivity contribution in [1.29, 1.82) is 0 Å². The molecule has 0 spiro atoms. The summed E-state index contributed by atoms with van der Waals surface area (Å²) < 4.78 is 16.9. The van der Waals surface area contributed by atoms with Gasteiger partial charge in [-0.25, -0.2) is 0 Å². The lowest BCUT2D eigenvalue weighted by atomic mass is 10.1. The summed E-state index contributed by atoms with van der Waals surface area (Å²) in [6, 6.07) is 0. The monoisotopic (exact) mass is 1060 g/mol. The standard InChI is InChI=1S/C71H112O6/c1-4-7-10-13-16-19-22-25-27-29-31-33-35-37-39-41-43-46-49-52-55-58-61-64-70(73)76-67-68(66-75-69(72)63-60-57-54-51-48-45-24-21-18-15-12-9-6-3)77-71(74)65-62-59-56-53-50-47-44-42-40-38-36-34-32-30-28-26-23-20-17-14-11-8-5-2/h7-8,10-11,16-17,19-21,24-28,31-34,37-40,43-44,46-47,68H,4-6,9,12-15,18,22-23,29-30,35-36,41-42,45,48-67H2,1-3H3/b10-7-,11-8-,19-16-,20-17-,24-21-,27-25-,28-26-,33-31-,34-32-,39-37-,40-38-,46-43-,47-44-. The van der Waals surface area contributed by atoms with Crippen LogP contribution >= 0.6 is 0 Å². The summed E-state index contributed by atoms with van der Waals surface area (Å²) in [5, 5.41) is 0. The van der Waals surface area contributed by atoms with Crippen molar-refractivity contribution in [3.8, 4) is 0 Å². The Balaban J connectivity index is 4.51. The Hall–Kier alpha value is -4.97. The predicted octanol–water partition coefficient (Wildman–Crippen LogP) is 21.3. The molecule has 0 aromatic carbocycles.